The quantitative estimate of drug-likeness (QED) is 0.537. The summed E-state index contributed by atoms with van der Waals surface area (Å²) in [5.41, 5.74) is 2.49. The van der Waals surface area contributed by atoms with Gasteiger partial charge < -0.3 is 5.32 Å². The van der Waals surface area contributed by atoms with Crippen LogP contribution in [0.1, 0.15) is 31.4 Å². The van der Waals surface area contributed by atoms with Gasteiger partial charge in [-0.1, -0.05) is 36.4 Å². The van der Waals surface area contributed by atoms with E-state index in [-0.39, 0.29) is 21.6 Å². The van der Waals surface area contributed by atoms with Gasteiger partial charge >= 0.3 is 0 Å². The van der Waals surface area contributed by atoms with Gasteiger partial charge in [0.05, 0.1) is 10.4 Å². The number of rotatable bonds is 5. The molecule has 2 heterocycles. The van der Waals surface area contributed by atoms with Gasteiger partial charge in [-0.05, 0) is 56.5 Å². The topological polar surface area (TPSA) is 89.2 Å². The average molecular weight is 410 g/mol. The first kappa shape index (κ1) is 19.3. The van der Waals surface area contributed by atoms with Gasteiger partial charge in [0, 0.05) is 11.4 Å². The molecule has 0 saturated heterocycles. The number of aryl methyl sites for hydroxylation is 2. The smallest absolute Gasteiger partial charge is 0.229 e. The molecule has 4 rings (SSSR count). The molecule has 1 atom stereocenters. The normalized spacial score (nSPS) is 13.1. The monoisotopic (exact) mass is 409 g/mol. The van der Waals surface area contributed by atoms with Crippen LogP contribution in [0.2, 0.25) is 0 Å². The minimum atomic E-state index is -3.88. The molecule has 7 nitrogen and oxygen atoms in total. The lowest BCUT2D eigenvalue weighted by molar-refractivity contribution is 0.592. The molecule has 0 fully saturated rings. The van der Waals surface area contributed by atoms with E-state index in [2.05, 4.69) is 34.5 Å². The molecule has 0 saturated carbocycles. The second kappa shape index (κ2) is 7.11. The van der Waals surface area contributed by atoms with Gasteiger partial charge in [0.2, 0.25) is 14.9 Å². The first-order valence-corrected chi connectivity index (χ1v) is 11.0. The first-order valence-electron chi connectivity index (χ1n) is 9.56. The van der Waals surface area contributed by atoms with Crippen LogP contribution in [-0.4, -0.2) is 34.3 Å². The van der Waals surface area contributed by atoms with E-state index in [9.17, 15) is 8.42 Å². The van der Waals surface area contributed by atoms with Crippen molar-refractivity contribution in [2.75, 3.05) is 5.32 Å². The number of aromatic nitrogens is 4. The van der Waals surface area contributed by atoms with E-state index in [0.29, 0.717) is 11.4 Å². The Labute approximate surface area is 169 Å². The van der Waals surface area contributed by atoms with E-state index >= 15 is 0 Å². The van der Waals surface area contributed by atoms with E-state index < -0.39 is 9.84 Å². The second-order valence-electron chi connectivity index (χ2n) is 7.33. The summed E-state index contributed by atoms with van der Waals surface area (Å²) in [6.45, 7) is 7.77. The molecular weight excluding hydrogens is 386 g/mol. The SMILES string of the molecule is CC[C@H](C)Nc1nc2c(S(=O)(=O)c3cc(C)ccc3C)nnn2c2ccccc12. The van der Waals surface area contributed by atoms with Crippen LogP contribution in [0.25, 0.3) is 16.6 Å². The predicted molar refractivity (Wildman–Crippen MR) is 113 cm³/mol. The first-order chi connectivity index (χ1) is 13.8. The fourth-order valence-corrected chi connectivity index (χ4v) is 4.82. The Morgan fingerprint density at radius 3 is 2.66 bits per heavy atom. The molecule has 150 valence electrons. The van der Waals surface area contributed by atoms with Crippen molar-refractivity contribution in [3.05, 3.63) is 53.6 Å². The van der Waals surface area contributed by atoms with Crippen molar-refractivity contribution in [2.45, 2.75) is 50.1 Å². The van der Waals surface area contributed by atoms with Crippen molar-refractivity contribution >= 4 is 32.2 Å². The Kier molecular flexibility index (Phi) is 4.74. The summed E-state index contributed by atoms with van der Waals surface area (Å²) in [5.74, 6) is 0.627. The molecule has 8 heteroatoms. The number of anilines is 1. The third-order valence-corrected chi connectivity index (χ3v) is 6.90. The van der Waals surface area contributed by atoms with E-state index in [1.807, 2.05) is 37.3 Å². The summed E-state index contributed by atoms with van der Waals surface area (Å²) >= 11 is 0. The van der Waals surface area contributed by atoms with E-state index in [4.69, 9.17) is 0 Å². The van der Waals surface area contributed by atoms with E-state index in [0.717, 1.165) is 22.9 Å². The Morgan fingerprint density at radius 2 is 1.90 bits per heavy atom. The molecule has 2 aromatic carbocycles. The Bertz CT molecular complexity index is 1330. The zero-order chi connectivity index (χ0) is 20.8. The lowest BCUT2D eigenvalue weighted by atomic mass is 10.2. The average Bonchev–Trinajstić information content (AvgIpc) is 3.14. The number of nitrogens with zero attached hydrogens (tertiary/aromatic N) is 4. The van der Waals surface area contributed by atoms with Crippen molar-refractivity contribution in [3.8, 4) is 0 Å². The molecule has 2 aromatic heterocycles. The van der Waals surface area contributed by atoms with Crippen LogP contribution in [0.3, 0.4) is 0 Å². The van der Waals surface area contributed by atoms with Crippen molar-refractivity contribution in [2.24, 2.45) is 0 Å². The van der Waals surface area contributed by atoms with Crippen LogP contribution >= 0.6 is 0 Å². The van der Waals surface area contributed by atoms with E-state index in [1.165, 1.54) is 4.52 Å². The minimum absolute atomic E-state index is 0.135. The van der Waals surface area contributed by atoms with Gasteiger partial charge in [0.15, 0.2) is 5.65 Å². The van der Waals surface area contributed by atoms with E-state index in [1.54, 1.807) is 19.1 Å². The fourth-order valence-electron chi connectivity index (χ4n) is 3.27. The molecule has 4 aromatic rings. The van der Waals surface area contributed by atoms with Gasteiger partial charge in [-0.3, -0.25) is 0 Å². The second-order valence-corrected chi connectivity index (χ2v) is 9.17. The minimum Gasteiger partial charge on any atom is -0.367 e. The van der Waals surface area contributed by atoms with Crippen molar-refractivity contribution < 1.29 is 8.42 Å². The predicted octanol–water partition coefficient (Wildman–Crippen LogP) is 3.94. The van der Waals surface area contributed by atoms with Crippen LogP contribution in [-0.2, 0) is 9.84 Å². The Hall–Kier alpha value is -3.00. The Morgan fingerprint density at radius 1 is 1.14 bits per heavy atom. The molecule has 1 N–H and O–H groups in total. The zero-order valence-corrected chi connectivity index (χ0v) is 17.7. The molecule has 0 radical (unpaired) electrons. The zero-order valence-electron chi connectivity index (χ0n) is 16.8. The van der Waals surface area contributed by atoms with Crippen LogP contribution < -0.4 is 5.32 Å². The Balaban J connectivity index is 2.01. The maximum atomic E-state index is 13.4. The molecule has 0 aliphatic rings. The highest BCUT2D eigenvalue weighted by atomic mass is 32.2. The van der Waals surface area contributed by atoms with Crippen LogP contribution in [0.5, 0.6) is 0 Å². The molecule has 0 bridgehead atoms. The van der Waals surface area contributed by atoms with Crippen molar-refractivity contribution in [1.82, 2.24) is 19.8 Å². The number of para-hydroxylation sites is 1. The molecular formula is C21H23N5O2S. The van der Waals surface area contributed by atoms with Crippen molar-refractivity contribution in [1.29, 1.82) is 0 Å². The number of fused-ring (bicyclic) bond motifs is 3. The van der Waals surface area contributed by atoms with Crippen LogP contribution in [0.15, 0.2) is 52.4 Å². The van der Waals surface area contributed by atoms with Crippen LogP contribution in [0, 0.1) is 13.8 Å². The molecule has 0 spiro atoms. The highest BCUT2D eigenvalue weighted by molar-refractivity contribution is 7.91. The summed E-state index contributed by atoms with van der Waals surface area (Å²) in [5, 5.41) is 12.3. The van der Waals surface area contributed by atoms with Gasteiger partial charge in [-0.15, -0.1) is 5.10 Å². The largest absolute Gasteiger partial charge is 0.367 e. The number of hydrogen-bond acceptors (Lipinski definition) is 6. The fraction of sp³-hybridized carbons (Fsp3) is 0.286. The number of hydrogen-bond donors (Lipinski definition) is 1. The third-order valence-electron chi connectivity index (χ3n) is 5.11. The standard InChI is InChI=1S/C21H23N5O2S/c1-5-15(4)22-19-16-8-6-7-9-17(16)26-20(23-19)21(24-25-26)29(27,28)18-12-13(2)10-11-14(18)3/h6-12,15H,5H2,1-4H3,(H,22,23)/t15-/m0/s1. The van der Waals surface area contributed by atoms with Gasteiger partial charge in [0.25, 0.3) is 0 Å². The van der Waals surface area contributed by atoms with Gasteiger partial charge in [-0.25, -0.2) is 13.4 Å². The maximum absolute atomic E-state index is 13.4. The highest BCUT2D eigenvalue weighted by Gasteiger charge is 2.28. The number of sulfone groups is 1. The molecule has 0 aliphatic carbocycles. The molecule has 29 heavy (non-hydrogen) atoms. The van der Waals surface area contributed by atoms with Gasteiger partial charge in [0.1, 0.15) is 5.82 Å². The summed E-state index contributed by atoms with van der Waals surface area (Å²) in [6.07, 6.45) is 0.909. The maximum Gasteiger partial charge on any atom is 0.229 e. The molecule has 0 aliphatic heterocycles. The van der Waals surface area contributed by atoms with Crippen LogP contribution in [0.4, 0.5) is 5.82 Å². The molecule has 0 amide bonds. The summed E-state index contributed by atoms with van der Waals surface area (Å²) < 4.78 is 28.4. The molecule has 0 unspecified atom stereocenters. The number of benzene rings is 2. The third kappa shape index (κ3) is 3.23. The number of nitrogens with one attached hydrogen (secondary N) is 1. The van der Waals surface area contributed by atoms with Crippen molar-refractivity contribution in [3.63, 3.8) is 0 Å². The lowest BCUT2D eigenvalue weighted by Crippen LogP contribution is -2.15. The lowest BCUT2D eigenvalue weighted by Gasteiger charge is -2.15. The van der Waals surface area contributed by atoms with Gasteiger partial charge in [-0.2, -0.15) is 4.52 Å². The summed E-state index contributed by atoms with van der Waals surface area (Å²) in [7, 11) is -3.88. The summed E-state index contributed by atoms with van der Waals surface area (Å²) in [4.78, 5) is 4.87. The highest BCUT2D eigenvalue weighted by Crippen LogP contribution is 2.29. The summed E-state index contributed by atoms with van der Waals surface area (Å²) in [6, 6.07) is 13.2.